The SMILES string of the molecule is CC(=O)Oc1cccc(C2OC(=O)c3ccccc32)c1Nc1c(Cl)cccc1Cl. The summed E-state index contributed by atoms with van der Waals surface area (Å²) in [4.78, 5) is 24.0. The molecule has 3 aromatic carbocycles. The summed E-state index contributed by atoms with van der Waals surface area (Å²) in [7, 11) is 0. The number of nitrogens with one attached hydrogen (secondary N) is 1. The summed E-state index contributed by atoms with van der Waals surface area (Å²) in [5.41, 5.74) is 2.72. The molecule has 0 saturated heterocycles. The summed E-state index contributed by atoms with van der Waals surface area (Å²) in [5, 5.41) is 3.96. The van der Waals surface area contributed by atoms with Crippen molar-refractivity contribution >= 4 is 46.5 Å². The van der Waals surface area contributed by atoms with Gasteiger partial charge in [0, 0.05) is 18.1 Å². The Bertz CT molecular complexity index is 1110. The maximum absolute atomic E-state index is 12.3. The Balaban J connectivity index is 1.87. The van der Waals surface area contributed by atoms with Crippen LogP contribution in [0.25, 0.3) is 0 Å². The number of rotatable bonds is 4. The number of halogens is 2. The monoisotopic (exact) mass is 427 g/mol. The number of hydrogen-bond donors (Lipinski definition) is 1. The molecular formula is C22H15Cl2NO4. The summed E-state index contributed by atoms with van der Waals surface area (Å²) in [6.45, 7) is 1.31. The summed E-state index contributed by atoms with van der Waals surface area (Å²) < 4.78 is 11.0. The fourth-order valence-electron chi connectivity index (χ4n) is 3.26. The molecule has 7 heteroatoms. The van der Waals surface area contributed by atoms with Gasteiger partial charge in [0.1, 0.15) is 0 Å². The van der Waals surface area contributed by atoms with Crippen LogP contribution < -0.4 is 10.1 Å². The number of ether oxygens (including phenoxy) is 2. The van der Waals surface area contributed by atoms with Crippen LogP contribution in [0.4, 0.5) is 11.4 Å². The van der Waals surface area contributed by atoms with Crippen LogP contribution in [-0.2, 0) is 9.53 Å². The molecule has 1 heterocycles. The number of para-hydroxylation sites is 2. The number of fused-ring (bicyclic) bond motifs is 1. The van der Waals surface area contributed by atoms with E-state index < -0.39 is 18.0 Å². The van der Waals surface area contributed by atoms with Crippen LogP contribution in [0.5, 0.6) is 5.75 Å². The Labute approximate surface area is 177 Å². The zero-order chi connectivity index (χ0) is 20.5. The third-order valence-corrected chi connectivity index (χ3v) is 5.13. The van der Waals surface area contributed by atoms with E-state index in [0.717, 1.165) is 5.56 Å². The highest BCUT2D eigenvalue weighted by Gasteiger charge is 2.34. The minimum atomic E-state index is -0.669. The number of carbonyl (C=O) groups excluding carboxylic acids is 2. The minimum absolute atomic E-state index is 0.270. The van der Waals surface area contributed by atoms with E-state index in [-0.39, 0.29) is 5.75 Å². The maximum atomic E-state index is 12.3. The Kier molecular flexibility index (Phi) is 5.18. The molecule has 4 rings (SSSR count). The quantitative estimate of drug-likeness (QED) is 0.413. The van der Waals surface area contributed by atoms with Crippen molar-refractivity contribution < 1.29 is 19.1 Å². The molecule has 0 saturated carbocycles. The number of hydrogen-bond acceptors (Lipinski definition) is 5. The highest BCUT2D eigenvalue weighted by atomic mass is 35.5. The fourth-order valence-corrected chi connectivity index (χ4v) is 3.75. The van der Waals surface area contributed by atoms with Gasteiger partial charge in [-0.15, -0.1) is 0 Å². The van der Waals surface area contributed by atoms with Crippen molar-refractivity contribution in [2.75, 3.05) is 5.32 Å². The third-order valence-electron chi connectivity index (χ3n) is 4.50. The van der Waals surface area contributed by atoms with Gasteiger partial charge in [-0.3, -0.25) is 4.79 Å². The Morgan fingerprint density at radius 3 is 2.31 bits per heavy atom. The topological polar surface area (TPSA) is 64.6 Å². The zero-order valence-electron chi connectivity index (χ0n) is 15.2. The molecule has 3 aromatic rings. The summed E-state index contributed by atoms with van der Waals surface area (Å²) in [6, 6.07) is 17.4. The van der Waals surface area contributed by atoms with Crippen molar-refractivity contribution in [3.8, 4) is 5.75 Å². The van der Waals surface area contributed by atoms with Gasteiger partial charge in [-0.25, -0.2) is 4.79 Å². The molecule has 1 aliphatic heterocycles. The predicted molar refractivity (Wildman–Crippen MR) is 111 cm³/mol. The smallest absolute Gasteiger partial charge is 0.339 e. The van der Waals surface area contributed by atoms with Crippen LogP contribution in [0, 0.1) is 0 Å². The highest BCUT2D eigenvalue weighted by molar-refractivity contribution is 6.39. The molecule has 0 fully saturated rings. The van der Waals surface area contributed by atoms with E-state index in [0.29, 0.717) is 32.5 Å². The molecule has 0 spiro atoms. The van der Waals surface area contributed by atoms with Crippen molar-refractivity contribution in [3.63, 3.8) is 0 Å². The average Bonchev–Trinajstić information content (AvgIpc) is 3.02. The standard InChI is InChI=1S/C22H15Cl2NO4/c1-12(26)28-18-11-4-8-15(19(18)25-20-16(23)9-5-10-17(20)24)21-13-6-2-3-7-14(13)22(27)29-21/h2-11,21,25H,1H3. The van der Waals surface area contributed by atoms with E-state index in [2.05, 4.69) is 5.32 Å². The number of cyclic esters (lactones) is 1. The second kappa shape index (κ2) is 7.78. The Hall–Kier alpha value is -3.02. The van der Waals surface area contributed by atoms with Gasteiger partial charge in [-0.1, -0.05) is 59.6 Å². The summed E-state index contributed by atoms with van der Waals surface area (Å²) in [5.74, 6) is -0.629. The van der Waals surface area contributed by atoms with Crippen molar-refractivity contribution in [3.05, 3.63) is 87.4 Å². The van der Waals surface area contributed by atoms with Crippen LogP contribution >= 0.6 is 23.2 Å². The lowest BCUT2D eigenvalue weighted by Gasteiger charge is -2.21. The second-order valence-corrected chi connectivity index (χ2v) is 7.22. The van der Waals surface area contributed by atoms with E-state index >= 15 is 0 Å². The van der Waals surface area contributed by atoms with Gasteiger partial charge in [-0.05, 0) is 24.3 Å². The highest BCUT2D eigenvalue weighted by Crippen LogP contribution is 2.44. The molecule has 29 heavy (non-hydrogen) atoms. The lowest BCUT2D eigenvalue weighted by atomic mass is 9.97. The van der Waals surface area contributed by atoms with Gasteiger partial charge in [0.2, 0.25) is 0 Å². The van der Waals surface area contributed by atoms with E-state index in [1.165, 1.54) is 6.92 Å². The van der Waals surface area contributed by atoms with Crippen LogP contribution in [0.15, 0.2) is 60.7 Å². The molecule has 1 atom stereocenters. The molecule has 146 valence electrons. The molecule has 0 amide bonds. The van der Waals surface area contributed by atoms with Crippen LogP contribution in [0.1, 0.15) is 34.5 Å². The number of benzene rings is 3. The van der Waals surface area contributed by atoms with Crippen LogP contribution in [0.3, 0.4) is 0 Å². The normalized spacial score (nSPS) is 14.9. The molecule has 1 aliphatic rings. The van der Waals surface area contributed by atoms with E-state index in [4.69, 9.17) is 32.7 Å². The molecule has 0 radical (unpaired) electrons. The van der Waals surface area contributed by atoms with E-state index in [1.807, 2.05) is 12.1 Å². The molecule has 0 aliphatic carbocycles. The first kappa shape index (κ1) is 19.3. The van der Waals surface area contributed by atoms with Gasteiger partial charge in [0.25, 0.3) is 0 Å². The van der Waals surface area contributed by atoms with Gasteiger partial charge in [-0.2, -0.15) is 0 Å². The molecule has 5 nitrogen and oxygen atoms in total. The van der Waals surface area contributed by atoms with Crippen molar-refractivity contribution in [1.82, 2.24) is 0 Å². The van der Waals surface area contributed by atoms with Crippen LogP contribution in [-0.4, -0.2) is 11.9 Å². The van der Waals surface area contributed by atoms with Crippen molar-refractivity contribution in [2.45, 2.75) is 13.0 Å². The minimum Gasteiger partial charge on any atom is -0.449 e. The summed E-state index contributed by atoms with van der Waals surface area (Å²) >= 11 is 12.6. The van der Waals surface area contributed by atoms with Crippen molar-refractivity contribution in [1.29, 1.82) is 0 Å². The Morgan fingerprint density at radius 1 is 0.931 bits per heavy atom. The predicted octanol–water partition coefficient (Wildman–Crippen LogP) is 5.92. The third kappa shape index (κ3) is 3.67. The fraction of sp³-hybridized carbons (Fsp3) is 0.0909. The lowest BCUT2D eigenvalue weighted by Crippen LogP contribution is -2.09. The number of esters is 2. The first-order valence-electron chi connectivity index (χ1n) is 8.78. The molecule has 1 unspecified atom stereocenters. The Morgan fingerprint density at radius 2 is 1.59 bits per heavy atom. The summed E-state index contributed by atoms with van der Waals surface area (Å²) in [6.07, 6.45) is -0.669. The second-order valence-electron chi connectivity index (χ2n) is 6.41. The van der Waals surface area contributed by atoms with Gasteiger partial charge >= 0.3 is 11.9 Å². The molecule has 0 aromatic heterocycles. The molecule has 0 bridgehead atoms. The van der Waals surface area contributed by atoms with Gasteiger partial charge in [0.15, 0.2) is 11.9 Å². The molecular weight excluding hydrogens is 413 g/mol. The number of carbonyl (C=O) groups is 2. The van der Waals surface area contributed by atoms with Gasteiger partial charge in [0.05, 0.1) is 27.0 Å². The molecule has 1 N–H and O–H groups in total. The average molecular weight is 428 g/mol. The number of anilines is 2. The lowest BCUT2D eigenvalue weighted by molar-refractivity contribution is -0.131. The maximum Gasteiger partial charge on any atom is 0.339 e. The van der Waals surface area contributed by atoms with Crippen molar-refractivity contribution in [2.24, 2.45) is 0 Å². The first-order chi connectivity index (χ1) is 14.0. The largest absolute Gasteiger partial charge is 0.449 e. The van der Waals surface area contributed by atoms with E-state index in [9.17, 15) is 9.59 Å². The first-order valence-corrected chi connectivity index (χ1v) is 9.53. The zero-order valence-corrected chi connectivity index (χ0v) is 16.8. The van der Waals surface area contributed by atoms with Crippen LogP contribution in [0.2, 0.25) is 10.0 Å². The van der Waals surface area contributed by atoms with E-state index in [1.54, 1.807) is 48.5 Å². The van der Waals surface area contributed by atoms with Gasteiger partial charge < -0.3 is 14.8 Å².